The highest BCUT2D eigenvalue weighted by atomic mass is 16.5. The van der Waals surface area contributed by atoms with Gasteiger partial charge in [0, 0.05) is 37.6 Å². The molecule has 166 valence electrons. The highest BCUT2D eigenvalue weighted by molar-refractivity contribution is 5.93. The fraction of sp³-hybridized carbons (Fsp3) is 0.417. The molecule has 7 nitrogen and oxygen atoms in total. The van der Waals surface area contributed by atoms with Gasteiger partial charge < -0.3 is 24.8 Å². The first-order chi connectivity index (χ1) is 14.9. The number of carbonyl (C=O) groups excluding carboxylic acids is 2. The first kappa shape index (κ1) is 22.6. The third kappa shape index (κ3) is 5.98. The van der Waals surface area contributed by atoms with Crippen molar-refractivity contribution in [1.29, 1.82) is 0 Å². The Kier molecular flexibility index (Phi) is 7.52. The average Bonchev–Trinajstić information content (AvgIpc) is 2.76. The number of nitrogens with zero attached hydrogens (tertiary/aromatic N) is 2. The summed E-state index contributed by atoms with van der Waals surface area (Å²) in [7, 11) is 3.54. The molecule has 1 aliphatic rings. The molecule has 2 N–H and O–H groups in total. The minimum atomic E-state index is -0.0768. The second kappa shape index (κ2) is 10.3. The molecule has 1 fully saturated rings. The molecule has 1 aliphatic heterocycles. The molecule has 7 heteroatoms. The van der Waals surface area contributed by atoms with E-state index in [4.69, 9.17) is 4.74 Å². The lowest BCUT2D eigenvalue weighted by Gasteiger charge is -2.36. The van der Waals surface area contributed by atoms with Gasteiger partial charge in [0.25, 0.3) is 11.8 Å². The van der Waals surface area contributed by atoms with Crippen LogP contribution in [0.25, 0.3) is 0 Å². The van der Waals surface area contributed by atoms with Gasteiger partial charge in [-0.3, -0.25) is 9.59 Å². The van der Waals surface area contributed by atoms with Gasteiger partial charge in [0.2, 0.25) is 0 Å². The zero-order valence-electron chi connectivity index (χ0n) is 18.9. The number of ether oxygens (including phenoxy) is 1. The molecular weight excluding hydrogens is 392 g/mol. The largest absolute Gasteiger partial charge is 0.497 e. The Morgan fingerprint density at radius 3 is 2.16 bits per heavy atom. The molecule has 2 amide bonds. The van der Waals surface area contributed by atoms with Crippen molar-refractivity contribution >= 4 is 23.2 Å². The van der Waals surface area contributed by atoms with Crippen LogP contribution < -0.4 is 19.9 Å². The van der Waals surface area contributed by atoms with E-state index in [9.17, 15) is 9.59 Å². The molecule has 1 unspecified atom stereocenters. The number of hydrogen-bond acceptors (Lipinski definition) is 4. The molecule has 3 rings (SSSR count). The van der Waals surface area contributed by atoms with E-state index >= 15 is 0 Å². The molecule has 0 saturated carbocycles. The van der Waals surface area contributed by atoms with Crippen molar-refractivity contribution in [2.45, 2.75) is 13.8 Å². The Labute approximate surface area is 184 Å². The second-order valence-electron chi connectivity index (χ2n) is 8.19. The van der Waals surface area contributed by atoms with Crippen LogP contribution in [0.1, 0.15) is 11.1 Å². The number of likely N-dealkylation sites (N-methyl/N-ethyl adjacent to an activating group) is 1. The Balaban J connectivity index is 1.45. The average molecular weight is 426 g/mol. The number of para-hydroxylation sites is 1. The molecule has 2 aromatic carbocycles. The first-order valence-corrected chi connectivity index (χ1v) is 10.7. The lowest BCUT2D eigenvalue weighted by molar-refractivity contribution is -0.862. The molecule has 1 saturated heterocycles. The van der Waals surface area contributed by atoms with Crippen molar-refractivity contribution in [1.82, 2.24) is 4.90 Å². The summed E-state index contributed by atoms with van der Waals surface area (Å²) in [5.41, 5.74) is 4.08. The quantitative estimate of drug-likeness (QED) is 0.698. The number of methoxy groups -OCH3 is 1. The molecule has 31 heavy (non-hydrogen) atoms. The van der Waals surface area contributed by atoms with Crippen molar-refractivity contribution in [2.24, 2.45) is 0 Å². The number of anilines is 2. The maximum atomic E-state index is 12.7. The Morgan fingerprint density at radius 1 is 0.968 bits per heavy atom. The lowest BCUT2D eigenvalue weighted by atomic mass is 10.1. The number of aryl methyl sites for hydroxylation is 2. The minimum Gasteiger partial charge on any atom is -0.497 e. The molecular formula is C24H33N4O3+. The first-order valence-electron chi connectivity index (χ1n) is 10.7. The molecule has 0 spiro atoms. The Morgan fingerprint density at radius 2 is 1.58 bits per heavy atom. The van der Waals surface area contributed by atoms with E-state index < -0.39 is 0 Å². The van der Waals surface area contributed by atoms with E-state index in [-0.39, 0.29) is 18.4 Å². The zero-order valence-corrected chi connectivity index (χ0v) is 18.9. The topological polar surface area (TPSA) is 66.3 Å². The second-order valence-corrected chi connectivity index (χ2v) is 8.19. The number of hydrogen-bond donors (Lipinski definition) is 2. The molecule has 0 aliphatic carbocycles. The van der Waals surface area contributed by atoms with E-state index in [1.54, 1.807) is 7.11 Å². The highest BCUT2D eigenvalue weighted by Gasteiger charge is 2.24. The van der Waals surface area contributed by atoms with Crippen LogP contribution in [0.5, 0.6) is 5.75 Å². The predicted molar refractivity (Wildman–Crippen MR) is 123 cm³/mol. The van der Waals surface area contributed by atoms with Crippen LogP contribution >= 0.6 is 0 Å². The number of amides is 2. The standard InChI is InChI=1S/C24H32N4O3/c1-18-6-5-7-19(2)24(18)25-22(29)16-26(3)17-23(30)28-14-12-27(13-15-28)20-8-10-21(31-4)11-9-20/h5-11H,12-17H2,1-4H3,(H,25,29)/p+1. The van der Waals surface area contributed by atoms with Gasteiger partial charge in [-0.15, -0.1) is 0 Å². The molecule has 1 atom stereocenters. The van der Waals surface area contributed by atoms with Crippen molar-refractivity contribution in [2.75, 3.05) is 63.6 Å². The summed E-state index contributed by atoms with van der Waals surface area (Å²) in [6, 6.07) is 13.9. The van der Waals surface area contributed by atoms with Crippen molar-refractivity contribution in [3.8, 4) is 5.75 Å². The van der Waals surface area contributed by atoms with Crippen LogP contribution in [0.3, 0.4) is 0 Å². The Hall–Kier alpha value is -3.06. The van der Waals surface area contributed by atoms with E-state index in [1.165, 1.54) is 0 Å². The minimum absolute atomic E-state index is 0.0768. The third-order valence-electron chi connectivity index (χ3n) is 5.73. The molecule has 0 aromatic heterocycles. The van der Waals surface area contributed by atoms with Crippen LogP contribution in [0.15, 0.2) is 42.5 Å². The summed E-state index contributed by atoms with van der Waals surface area (Å²) < 4.78 is 5.21. The van der Waals surface area contributed by atoms with Gasteiger partial charge in [0.1, 0.15) is 5.75 Å². The van der Waals surface area contributed by atoms with Crippen LogP contribution in [-0.4, -0.2) is 70.1 Å². The Bertz CT molecular complexity index is 885. The van der Waals surface area contributed by atoms with Crippen LogP contribution in [0, 0.1) is 13.8 Å². The van der Waals surface area contributed by atoms with Crippen LogP contribution in [-0.2, 0) is 9.59 Å². The van der Waals surface area contributed by atoms with Crippen molar-refractivity contribution in [3.05, 3.63) is 53.6 Å². The summed E-state index contributed by atoms with van der Waals surface area (Å²) in [4.78, 5) is 30.2. The van der Waals surface area contributed by atoms with E-state index in [0.717, 1.165) is 46.2 Å². The van der Waals surface area contributed by atoms with Gasteiger partial charge in [-0.2, -0.15) is 0 Å². The van der Waals surface area contributed by atoms with E-state index in [0.29, 0.717) is 19.6 Å². The van der Waals surface area contributed by atoms with Crippen LogP contribution in [0.4, 0.5) is 11.4 Å². The van der Waals surface area contributed by atoms with Gasteiger partial charge in [0.15, 0.2) is 13.1 Å². The van der Waals surface area contributed by atoms with Gasteiger partial charge in [-0.05, 0) is 49.2 Å². The number of quaternary nitrogens is 1. The van der Waals surface area contributed by atoms with Gasteiger partial charge in [-0.25, -0.2) is 0 Å². The normalized spacial score (nSPS) is 14.8. The summed E-state index contributed by atoms with van der Waals surface area (Å²) >= 11 is 0. The molecule has 2 aromatic rings. The SMILES string of the molecule is COc1ccc(N2CCN(C(=O)C[NH+](C)CC(=O)Nc3c(C)cccc3C)CC2)cc1. The number of nitrogens with one attached hydrogen (secondary N) is 2. The lowest BCUT2D eigenvalue weighted by Crippen LogP contribution is -3.11. The van der Waals surface area contributed by atoms with Crippen molar-refractivity contribution in [3.63, 3.8) is 0 Å². The van der Waals surface area contributed by atoms with Crippen LogP contribution in [0.2, 0.25) is 0 Å². The zero-order chi connectivity index (χ0) is 22.4. The van der Waals surface area contributed by atoms with Gasteiger partial charge >= 0.3 is 0 Å². The summed E-state index contributed by atoms with van der Waals surface area (Å²) in [6.45, 7) is 7.49. The molecule has 0 radical (unpaired) electrons. The summed E-state index contributed by atoms with van der Waals surface area (Å²) in [5.74, 6) is 0.851. The number of rotatable bonds is 7. The maximum Gasteiger partial charge on any atom is 0.279 e. The number of benzene rings is 2. The summed E-state index contributed by atoms with van der Waals surface area (Å²) in [6.07, 6.45) is 0. The smallest absolute Gasteiger partial charge is 0.279 e. The number of carbonyl (C=O) groups is 2. The fourth-order valence-electron chi connectivity index (χ4n) is 3.91. The molecule has 1 heterocycles. The van der Waals surface area contributed by atoms with Crippen molar-refractivity contribution < 1.29 is 19.2 Å². The maximum absolute atomic E-state index is 12.7. The predicted octanol–water partition coefficient (Wildman–Crippen LogP) is 1.11. The number of piperazine rings is 1. The summed E-state index contributed by atoms with van der Waals surface area (Å²) in [5, 5.41) is 2.99. The van der Waals surface area contributed by atoms with Gasteiger partial charge in [-0.1, -0.05) is 18.2 Å². The third-order valence-corrected chi connectivity index (χ3v) is 5.73. The van der Waals surface area contributed by atoms with E-state index in [1.807, 2.05) is 68.3 Å². The monoisotopic (exact) mass is 425 g/mol. The highest BCUT2D eigenvalue weighted by Crippen LogP contribution is 2.21. The molecule has 0 bridgehead atoms. The fourth-order valence-corrected chi connectivity index (χ4v) is 3.91. The van der Waals surface area contributed by atoms with Gasteiger partial charge in [0.05, 0.1) is 14.2 Å². The van der Waals surface area contributed by atoms with E-state index in [2.05, 4.69) is 10.2 Å².